The molecule has 0 unspecified atom stereocenters. The van der Waals surface area contributed by atoms with Crippen molar-refractivity contribution in [2.75, 3.05) is 25.6 Å². The minimum Gasteiger partial charge on any atom is -0.398 e. The van der Waals surface area contributed by atoms with Crippen LogP contribution >= 0.6 is 0 Å². The van der Waals surface area contributed by atoms with Crippen LogP contribution in [0.25, 0.3) is 5.57 Å². The molecule has 23 heavy (non-hydrogen) atoms. The normalized spacial score (nSPS) is 23.3. The van der Waals surface area contributed by atoms with E-state index in [4.69, 9.17) is 10.5 Å². The number of aliphatic hydroxyl groups excluding tert-OH is 1. The van der Waals surface area contributed by atoms with E-state index < -0.39 is 0 Å². The van der Waals surface area contributed by atoms with Gasteiger partial charge >= 0.3 is 0 Å². The van der Waals surface area contributed by atoms with Gasteiger partial charge in [-0.2, -0.15) is 0 Å². The molecule has 0 radical (unpaired) electrons. The molecular weight excluding hydrogens is 286 g/mol. The van der Waals surface area contributed by atoms with Crippen molar-refractivity contribution in [3.8, 4) is 0 Å². The number of anilines is 1. The third-order valence-electron chi connectivity index (χ3n) is 5.74. The summed E-state index contributed by atoms with van der Waals surface area (Å²) in [6.07, 6.45) is 7.48. The van der Waals surface area contributed by atoms with E-state index in [1.807, 2.05) is 6.07 Å². The van der Waals surface area contributed by atoms with E-state index >= 15 is 0 Å². The molecule has 1 fully saturated rings. The largest absolute Gasteiger partial charge is 0.398 e. The molecular formula is C20H29NO2. The topological polar surface area (TPSA) is 55.5 Å². The highest BCUT2D eigenvalue weighted by molar-refractivity contribution is 5.76. The van der Waals surface area contributed by atoms with Crippen molar-refractivity contribution in [1.82, 2.24) is 0 Å². The van der Waals surface area contributed by atoms with Crippen LogP contribution in [-0.2, 0) is 10.2 Å². The van der Waals surface area contributed by atoms with Gasteiger partial charge in [0.1, 0.15) is 0 Å². The Balaban J connectivity index is 1.95. The van der Waals surface area contributed by atoms with Crippen LogP contribution in [0.4, 0.5) is 5.69 Å². The summed E-state index contributed by atoms with van der Waals surface area (Å²) in [6.45, 7) is 6.26. The minimum absolute atomic E-state index is 0.171. The molecule has 3 rings (SSSR count). The average molecular weight is 315 g/mol. The number of hydrogen-bond donors (Lipinski definition) is 2. The Bertz CT molecular complexity index is 598. The number of aliphatic hydroxyl groups is 1. The van der Waals surface area contributed by atoms with Gasteiger partial charge in [0.25, 0.3) is 0 Å². The summed E-state index contributed by atoms with van der Waals surface area (Å²) in [4.78, 5) is 0. The predicted molar refractivity (Wildman–Crippen MR) is 95.3 cm³/mol. The van der Waals surface area contributed by atoms with E-state index in [1.165, 1.54) is 17.6 Å². The van der Waals surface area contributed by atoms with Crippen LogP contribution in [0.1, 0.15) is 57.1 Å². The zero-order chi connectivity index (χ0) is 16.5. The fourth-order valence-corrected chi connectivity index (χ4v) is 3.79. The highest BCUT2D eigenvalue weighted by Crippen LogP contribution is 2.41. The van der Waals surface area contributed by atoms with Crippen LogP contribution in [-0.4, -0.2) is 24.9 Å². The third kappa shape index (κ3) is 3.31. The summed E-state index contributed by atoms with van der Waals surface area (Å²) in [5.41, 5.74) is 11.1. The lowest BCUT2D eigenvalue weighted by atomic mass is 9.73. The standard InChI is InChI=1S/C20H29NO2/c1-19(2)7-5-15(6-8-19)17-13-16(3-4-18(17)21)20(14-22)9-11-23-12-10-20/h3-5,13,22H,6-12,14,21H2,1-2H3. The van der Waals surface area contributed by atoms with E-state index in [0.29, 0.717) is 5.41 Å². The average Bonchev–Trinajstić information content (AvgIpc) is 2.56. The summed E-state index contributed by atoms with van der Waals surface area (Å²) in [5.74, 6) is 0. The smallest absolute Gasteiger partial charge is 0.0529 e. The van der Waals surface area contributed by atoms with E-state index in [0.717, 1.165) is 50.1 Å². The second-order valence-electron chi connectivity index (χ2n) is 7.95. The highest BCUT2D eigenvalue weighted by Gasteiger charge is 2.34. The summed E-state index contributed by atoms with van der Waals surface area (Å²) in [5, 5.41) is 10.0. The maximum absolute atomic E-state index is 10.0. The summed E-state index contributed by atoms with van der Waals surface area (Å²) < 4.78 is 5.49. The predicted octanol–water partition coefficient (Wildman–Crippen LogP) is 3.90. The van der Waals surface area contributed by atoms with Crippen molar-refractivity contribution in [3.05, 3.63) is 35.4 Å². The van der Waals surface area contributed by atoms with Gasteiger partial charge in [0.2, 0.25) is 0 Å². The third-order valence-corrected chi connectivity index (χ3v) is 5.74. The first-order valence-electron chi connectivity index (χ1n) is 8.74. The molecule has 3 N–H and O–H groups in total. The van der Waals surface area contributed by atoms with E-state index in [2.05, 4.69) is 32.1 Å². The maximum Gasteiger partial charge on any atom is 0.0529 e. The van der Waals surface area contributed by atoms with Crippen molar-refractivity contribution < 1.29 is 9.84 Å². The first-order valence-corrected chi connectivity index (χ1v) is 8.74. The van der Waals surface area contributed by atoms with Crippen LogP contribution in [0.5, 0.6) is 0 Å². The van der Waals surface area contributed by atoms with Gasteiger partial charge in [0.15, 0.2) is 0 Å². The molecule has 3 heteroatoms. The lowest BCUT2D eigenvalue weighted by Gasteiger charge is -2.36. The lowest BCUT2D eigenvalue weighted by Crippen LogP contribution is -2.37. The minimum atomic E-state index is -0.171. The van der Waals surface area contributed by atoms with Gasteiger partial charge < -0.3 is 15.6 Å². The van der Waals surface area contributed by atoms with Crippen molar-refractivity contribution in [2.45, 2.75) is 51.4 Å². The fourth-order valence-electron chi connectivity index (χ4n) is 3.79. The monoisotopic (exact) mass is 315 g/mol. The molecule has 0 amide bonds. The molecule has 1 heterocycles. The molecule has 1 aliphatic heterocycles. The number of rotatable bonds is 3. The zero-order valence-electron chi connectivity index (χ0n) is 14.4. The number of hydrogen-bond acceptors (Lipinski definition) is 3. The molecule has 1 saturated heterocycles. The molecule has 3 nitrogen and oxygen atoms in total. The fraction of sp³-hybridized carbons (Fsp3) is 0.600. The van der Waals surface area contributed by atoms with Gasteiger partial charge in [0, 0.05) is 29.9 Å². The number of nitrogen functional groups attached to an aromatic ring is 1. The summed E-state index contributed by atoms with van der Waals surface area (Å²) >= 11 is 0. The van der Waals surface area contributed by atoms with E-state index in [9.17, 15) is 5.11 Å². The maximum atomic E-state index is 10.0. The molecule has 1 aliphatic carbocycles. The number of nitrogens with two attached hydrogens (primary N) is 1. The molecule has 0 saturated carbocycles. The molecule has 0 aromatic heterocycles. The van der Waals surface area contributed by atoms with Gasteiger partial charge in [0.05, 0.1) is 6.61 Å². The molecule has 2 aliphatic rings. The number of allylic oxidation sites excluding steroid dienone is 2. The Morgan fingerprint density at radius 2 is 1.91 bits per heavy atom. The Hall–Kier alpha value is -1.32. The quantitative estimate of drug-likeness (QED) is 0.832. The van der Waals surface area contributed by atoms with Crippen molar-refractivity contribution in [3.63, 3.8) is 0 Å². The highest BCUT2D eigenvalue weighted by atomic mass is 16.5. The molecule has 1 aromatic rings. The molecule has 0 spiro atoms. The van der Waals surface area contributed by atoms with Crippen LogP contribution in [0.2, 0.25) is 0 Å². The van der Waals surface area contributed by atoms with Crippen LogP contribution in [0.3, 0.4) is 0 Å². The SMILES string of the molecule is CC1(C)CC=C(c2cc(C3(CO)CCOCC3)ccc2N)CC1. The summed E-state index contributed by atoms with van der Waals surface area (Å²) in [7, 11) is 0. The van der Waals surface area contributed by atoms with Crippen LogP contribution < -0.4 is 5.73 Å². The molecule has 1 aromatic carbocycles. The van der Waals surface area contributed by atoms with Crippen LogP contribution in [0.15, 0.2) is 24.3 Å². The second kappa shape index (κ2) is 6.29. The van der Waals surface area contributed by atoms with E-state index in [1.54, 1.807) is 0 Å². The summed E-state index contributed by atoms with van der Waals surface area (Å²) in [6, 6.07) is 6.33. The Kier molecular flexibility index (Phi) is 4.52. The van der Waals surface area contributed by atoms with Crippen molar-refractivity contribution >= 4 is 11.3 Å². The van der Waals surface area contributed by atoms with Crippen LogP contribution in [0, 0.1) is 5.41 Å². The lowest BCUT2D eigenvalue weighted by molar-refractivity contribution is 0.0253. The first-order chi connectivity index (χ1) is 11.0. The Morgan fingerprint density at radius 3 is 2.52 bits per heavy atom. The second-order valence-corrected chi connectivity index (χ2v) is 7.95. The van der Waals surface area contributed by atoms with E-state index in [-0.39, 0.29) is 12.0 Å². The van der Waals surface area contributed by atoms with Gasteiger partial charge in [-0.25, -0.2) is 0 Å². The Labute approximate surface area is 139 Å². The number of ether oxygens (including phenoxy) is 1. The zero-order valence-corrected chi connectivity index (χ0v) is 14.4. The van der Waals surface area contributed by atoms with Gasteiger partial charge in [-0.3, -0.25) is 0 Å². The molecule has 0 atom stereocenters. The van der Waals surface area contributed by atoms with Crippen molar-refractivity contribution in [2.24, 2.45) is 5.41 Å². The van der Waals surface area contributed by atoms with Crippen molar-refractivity contribution in [1.29, 1.82) is 0 Å². The molecule has 0 bridgehead atoms. The van der Waals surface area contributed by atoms with Gasteiger partial charge in [-0.05, 0) is 60.8 Å². The number of benzene rings is 1. The first kappa shape index (κ1) is 16.5. The van der Waals surface area contributed by atoms with Gasteiger partial charge in [-0.1, -0.05) is 26.0 Å². The molecule has 126 valence electrons. The van der Waals surface area contributed by atoms with Gasteiger partial charge in [-0.15, -0.1) is 0 Å². The Morgan fingerprint density at radius 1 is 1.17 bits per heavy atom.